The number of rotatable bonds is 1. The fourth-order valence-corrected chi connectivity index (χ4v) is 1.62. The number of alkyl halides is 1. The Bertz CT molecular complexity index is 440. The van der Waals surface area contributed by atoms with Crippen molar-refractivity contribution in [1.82, 2.24) is 4.98 Å². The van der Waals surface area contributed by atoms with E-state index < -0.39 is 0 Å². The molecular weight excluding hydrogens is 217 g/mol. The minimum atomic E-state index is 0. The largest absolute Gasteiger partial charge is 0.252 e. The maximum absolute atomic E-state index is 5.74. The number of benzene rings is 1. The van der Waals surface area contributed by atoms with Gasteiger partial charge in [0, 0.05) is 5.39 Å². The fraction of sp³-hybridized carbons (Fsp3) is 0.182. The third-order valence-electron chi connectivity index (χ3n) is 2.11. The Morgan fingerprint density at radius 1 is 1.29 bits per heavy atom. The van der Waals surface area contributed by atoms with Gasteiger partial charge in [0.1, 0.15) is 0 Å². The Morgan fingerprint density at radius 2 is 2.00 bits per heavy atom. The van der Waals surface area contributed by atoms with E-state index in [1.54, 1.807) is 0 Å². The lowest BCUT2D eigenvalue weighted by atomic mass is 10.1. The third-order valence-corrected chi connectivity index (χ3v) is 2.39. The number of hydrogen-bond donors (Lipinski definition) is 0. The second kappa shape index (κ2) is 4.63. The average molecular weight is 228 g/mol. The molecule has 1 heterocycles. The van der Waals surface area contributed by atoms with Gasteiger partial charge in [-0.3, -0.25) is 4.98 Å². The molecule has 0 unspecified atom stereocenters. The van der Waals surface area contributed by atoms with Gasteiger partial charge in [0.15, 0.2) is 0 Å². The predicted molar refractivity (Wildman–Crippen MR) is 63.3 cm³/mol. The lowest BCUT2D eigenvalue weighted by Gasteiger charge is -2.03. The number of halogens is 2. The Balaban J connectivity index is 0.000000980. The van der Waals surface area contributed by atoms with Crippen LogP contribution in [0.2, 0.25) is 0 Å². The highest BCUT2D eigenvalue weighted by Crippen LogP contribution is 2.17. The first-order valence-corrected chi connectivity index (χ1v) is 4.76. The molecule has 74 valence electrons. The number of hydrogen-bond acceptors (Lipinski definition) is 1. The summed E-state index contributed by atoms with van der Waals surface area (Å²) in [5.74, 6) is 0.478. The summed E-state index contributed by atoms with van der Waals surface area (Å²) < 4.78 is 0. The molecule has 0 bridgehead atoms. The molecule has 0 aliphatic carbocycles. The maximum Gasteiger partial charge on any atom is 0.0708 e. The lowest BCUT2D eigenvalue weighted by molar-refractivity contribution is 1.20. The van der Waals surface area contributed by atoms with Gasteiger partial charge >= 0.3 is 0 Å². The monoisotopic (exact) mass is 227 g/mol. The van der Waals surface area contributed by atoms with Crippen LogP contribution in [-0.4, -0.2) is 4.98 Å². The molecule has 0 N–H and O–H groups in total. The van der Waals surface area contributed by atoms with E-state index in [0.717, 1.165) is 11.2 Å². The van der Waals surface area contributed by atoms with E-state index in [2.05, 4.69) is 18.0 Å². The molecule has 0 atom stereocenters. The second-order valence-electron chi connectivity index (χ2n) is 3.08. The van der Waals surface area contributed by atoms with E-state index in [9.17, 15) is 0 Å². The first-order chi connectivity index (χ1) is 6.31. The molecule has 1 nitrogen and oxygen atoms in total. The molecule has 0 aliphatic rings. The highest BCUT2D eigenvalue weighted by molar-refractivity contribution is 6.17. The van der Waals surface area contributed by atoms with Gasteiger partial charge < -0.3 is 0 Å². The van der Waals surface area contributed by atoms with Crippen LogP contribution >= 0.6 is 24.0 Å². The number of para-hydroxylation sites is 1. The number of fused-ring (bicyclic) bond motifs is 1. The quantitative estimate of drug-likeness (QED) is 0.678. The van der Waals surface area contributed by atoms with Gasteiger partial charge in [-0.2, -0.15) is 0 Å². The average Bonchev–Trinajstić information content (AvgIpc) is 2.18. The molecule has 0 fully saturated rings. The van der Waals surface area contributed by atoms with E-state index >= 15 is 0 Å². The van der Waals surface area contributed by atoms with Gasteiger partial charge in [-0.25, -0.2) is 0 Å². The minimum absolute atomic E-state index is 0. The molecule has 1 aromatic carbocycles. The van der Waals surface area contributed by atoms with Crippen LogP contribution in [-0.2, 0) is 5.88 Å². The molecule has 0 radical (unpaired) electrons. The highest BCUT2D eigenvalue weighted by atomic mass is 35.5. The molecule has 0 saturated carbocycles. The number of aromatic nitrogens is 1. The van der Waals surface area contributed by atoms with Crippen molar-refractivity contribution >= 4 is 34.9 Å². The summed E-state index contributed by atoms with van der Waals surface area (Å²) in [6, 6.07) is 10.1. The molecule has 14 heavy (non-hydrogen) atoms. The fourth-order valence-electron chi connectivity index (χ4n) is 1.49. The molecule has 2 rings (SSSR count). The van der Waals surface area contributed by atoms with Crippen molar-refractivity contribution < 1.29 is 0 Å². The first-order valence-electron chi connectivity index (χ1n) is 4.22. The summed E-state index contributed by atoms with van der Waals surface area (Å²) in [7, 11) is 0. The van der Waals surface area contributed by atoms with Gasteiger partial charge in [-0.15, -0.1) is 24.0 Å². The van der Waals surface area contributed by atoms with Gasteiger partial charge in [-0.05, 0) is 24.6 Å². The Hall–Kier alpha value is -0.790. The Morgan fingerprint density at radius 3 is 2.71 bits per heavy atom. The van der Waals surface area contributed by atoms with Crippen molar-refractivity contribution in [1.29, 1.82) is 0 Å². The van der Waals surface area contributed by atoms with Gasteiger partial charge in [0.2, 0.25) is 0 Å². The van der Waals surface area contributed by atoms with Crippen LogP contribution < -0.4 is 0 Å². The van der Waals surface area contributed by atoms with E-state index in [4.69, 9.17) is 11.6 Å². The van der Waals surface area contributed by atoms with Crippen molar-refractivity contribution in [2.24, 2.45) is 0 Å². The zero-order chi connectivity index (χ0) is 9.26. The SMILES string of the molecule is Cc1cc(CCl)nc2ccccc12.Cl. The van der Waals surface area contributed by atoms with Crippen molar-refractivity contribution in [2.75, 3.05) is 0 Å². The number of aryl methyl sites for hydroxylation is 1. The van der Waals surface area contributed by atoms with Crippen molar-refractivity contribution in [2.45, 2.75) is 12.8 Å². The zero-order valence-electron chi connectivity index (χ0n) is 7.83. The van der Waals surface area contributed by atoms with Crippen LogP contribution in [0, 0.1) is 6.92 Å². The molecule has 0 aliphatic heterocycles. The third kappa shape index (κ3) is 1.99. The van der Waals surface area contributed by atoms with Gasteiger partial charge in [0.05, 0.1) is 17.1 Å². The smallest absolute Gasteiger partial charge is 0.0708 e. The van der Waals surface area contributed by atoms with E-state index in [1.165, 1.54) is 10.9 Å². The van der Waals surface area contributed by atoms with Crippen molar-refractivity contribution in [3.8, 4) is 0 Å². The summed E-state index contributed by atoms with van der Waals surface area (Å²) in [5, 5.41) is 1.20. The van der Waals surface area contributed by atoms with E-state index in [-0.39, 0.29) is 12.4 Å². The van der Waals surface area contributed by atoms with Crippen molar-refractivity contribution in [3.63, 3.8) is 0 Å². The normalized spacial score (nSPS) is 9.86. The van der Waals surface area contributed by atoms with E-state index in [0.29, 0.717) is 5.88 Å². The van der Waals surface area contributed by atoms with Gasteiger partial charge in [0.25, 0.3) is 0 Å². The van der Waals surface area contributed by atoms with Crippen LogP contribution in [0.4, 0.5) is 0 Å². The van der Waals surface area contributed by atoms with Gasteiger partial charge in [-0.1, -0.05) is 18.2 Å². The standard InChI is InChI=1S/C11H10ClN.ClH/c1-8-6-9(7-12)13-11-5-3-2-4-10(8)11;/h2-6H,7H2,1H3;1H. The molecule has 2 aromatic rings. The summed E-state index contributed by atoms with van der Waals surface area (Å²) in [6.07, 6.45) is 0. The van der Waals surface area contributed by atoms with E-state index in [1.807, 2.05) is 24.3 Å². The van der Waals surface area contributed by atoms with Crippen molar-refractivity contribution in [3.05, 3.63) is 41.6 Å². The molecule has 3 heteroatoms. The Kier molecular flexibility index (Phi) is 3.73. The van der Waals surface area contributed by atoms with Crippen LogP contribution in [0.25, 0.3) is 10.9 Å². The summed E-state index contributed by atoms with van der Waals surface area (Å²) in [4.78, 5) is 4.42. The molecule has 0 saturated heterocycles. The maximum atomic E-state index is 5.74. The van der Waals surface area contributed by atoms with Crippen LogP contribution in [0.3, 0.4) is 0 Å². The zero-order valence-corrected chi connectivity index (χ0v) is 9.40. The number of nitrogens with zero attached hydrogens (tertiary/aromatic N) is 1. The summed E-state index contributed by atoms with van der Waals surface area (Å²) in [5.41, 5.74) is 3.21. The minimum Gasteiger partial charge on any atom is -0.252 e. The summed E-state index contributed by atoms with van der Waals surface area (Å²) >= 11 is 5.74. The van der Waals surface area contributed by atoms with Crippen LogP contribution in [0.15, 0.2) is 30.3 Å². The lowest BCUT2D eigenvalue weighted by Crippen LogP contribution is -1.89. The van der Waals surface area contributed by atoms with Crippen LogP contribution in [0.5, 0.6) is 0 Å². The molecular formula is C11H11Cl2N. The molecule has 0 amide bonds. The summed E-state index contributed by atoms with van der Waals surface area (Å²) in [6.45, 7) is 2.08. The topological polar surface area (TPSA) is 12.9 Å². The molecule has 1 aromatic heterocycles. The first kappa shape index (κ1) is 11.3. The highest BCUT2D eigenvalue weighted by Gasteiger charge is 2.00. The predicted octanol–water partition coefficient (Wildman–Crippen LogP) is 3.70. The Labute approximate surface area is 94.5 Å². The van der Waals surface area contributed by atoms with Crippen LogP contribution in [0.1, 0.15) is 11.3 Å². The second-order valence-corrected chi connectivity index (χ2v) is 3.35. The number of pyridine rings is 1. The molecule has 0 spiro atoms.